The zero-order valence-corrected chi connectivity index (χ0v) is 30.1. The number of hydrogen-bond donors (Lipinski definition) is 2. The van der Waals surface area contributed by atoms with E-state index in [-0.39, 0.29) is 30.8 Å². The third-order valence-corrected chi connectivity index (χ3v) is 12.1. The van der Waals surface area contributed by atoms with Gasteiger partial charge in [0.2, 0.25) is 0 Å². The molecule has 0 spiro atoms. The van der Waals surface area contributed by atoms with Gasteiger partial charge in [0.25, 0.3) is 0 Å². The SMILES string of the molecule is CCCCCCCC/C=C\CCCCCCCC(=O)O[C@@]12C[C@@H](C)[C@@]3(O)[C@@H](C=C(COC(C)=O)C[C@]4(O)C(=O)C(C)=C[C@@H]34)[C@@H]1C2(C)C. The second-order valence-electron chi connectivity index (χ2n) is 15.8. The number of carbonyl (C=O) groups is 3. The molecule has 7 nitrogen and oxygen atoms in total. The van der Waals surface area contributed by atoms with Gasteiger partial charge >= 0.3 is 11.9 Å². The van der Waals surface area contributed by atoms with Crippen LogP contribution in [0.5, 0.6) is 0 Å². The molecular weight excluding hydrogens is 592 g/mol. The first-order valence-corrected chi connectivity index (χ1v) is 18.6. The molecule has 0 aromatic heterocycles. The molecule has 0 radical (unpaired) electrons. The number of aliphatic hydroxyl groups is 2. The fourth-order valence-electron chi connectivity index (χ4n) is 9.38. The Hall–Kier alpha value is -2.25. The van der Waals surface area contributed by atoms with E-state index in [1.165, 1.54) is 64.7 Å². The van der Waals surface area contributed by atoms with Crippen molar-refractivity contribution in [3.63, 3.8) is 0 Å². The number of ether oxygens (including phenoxy) is 2. The van der Waals surface area contributed by atoms with Crippen molar-refractivity contribution in [2.45, 2.75) is 161 Å². The summed E-state index contributed by atoms with van der Waals surface area (Å²) in [6.45, 7) is 11.3. The van der Waals surface area contributed by atoms with Crippen LogP contribution >= 0.6 is 0 Å². The van der Waals surface area contributed by atoms with E-state index in [2.05, 4.69) is 32.9 Å². The van der Waals surface area contributed by atoms with Crippen LogP contribution in [0.2, 0.25) is 0 Å². The van der Waals surface area contributed by atoms with Crippen molar-refractivity contribution < 1.29 is 34.1 Å². The molecule has 2 N–H and O–H groups in total. The van der Waals surface area contributed by atoms with Crippen LogP contribution in [-0.4, -0.2) is 51.3 Å². The number of carbonyl (C=O) groups excluding carboxylic acids is 3. The number of ketones is 1. The van der Waals surface area contributed by atoms with Crippen molar-refractivity contribution in [1.29, 1.82) is 0 Å². The van der Waals surface area contributed by atoms with E-state index in [1.807, 2.05) is 13.0 Å². The van der Waals surface area contributed by atoms with Crippen molar-refractivity contribution in [3.05, 3.63) is 35.5 Å². The molecule has 0 aromatic carbocycles. The van der Waals surface area contributed by atoms with Crippen molar-refractivity contribution >= 4 is 17.7 Å². The third-order valence-electron chi connectivity index (χ3n) is 12.1. The van der Waals surface area contributed by atoms with Crippen molar-refractivity contribution in [2.24, 2.45) is 29.1 Å². The largest absolute Gasteiger partial charge is 0.461 e. The Labute approximate surface area is 283 Å². The molecule has 0 aliphatic heterocycles. The normalized spacial score (nSPS) is 33.7. The zero-order valence-electron chi connectivity index (χ0n) is 30.1. The van der Waals surface area contributed by atoms with Crippen LogP contribution in [0.15, 0.2) is 35.5 Å². The smallest absolute Gasteiger partial charge is 0.306 e. The fourth-order valence-corrected chi connectivity index (χ4v) is 9.38. The first-order valence-electron chi connectivity index (χ1n) is 18.6. The Balaban J connectivity index is 1.30. The second-order valence-corrected chi connectivity index (χ2v) is 15.8. The molecule has 7 atom stereocenters. The van der Waals surface area contributed by atoms with E-state index in [0.29, 0.717) is 24.0 Å². The van der Waals surface area contributed by atoms with Crippen LogP contribution in [0.3, 0.4) is 0 Å². The zero-order chi connectivity index (χ0) is 34.5. The first kappa shape index (κ1) is 37.6. The van der Waals surface area contributed by atoms with Crippen LogP contribution < -0.4 is 0 Å². The number of fused-ring (bicyclic) bond motifs is 5. The molecule has 0 bridgehead atoms. The average Bonchev–Trinajstić information content (AvgIpc) is 3.41. The maximum absolute atomic E-state index is 13.3. The lowest BCUT2D eigenvalue weighted by Crippen LogP contribution is -2.61. The van der Waals surface area contributed by atoms with E-state index in [0.717, 1.165) is 25.7 Å². The van der Waals surface area contributed by atoms with Crippen LogP contribution in [0, 0.1) is 29.1 Å². The summed E-state index contributed by atoms with van der Waals surface area (Å²) in [4.78, 5) is 38.3. The number of Topliss-reactive ketones (excluding diaryl/α,β-unsaturated/α-hetero) is 1. The molecule has 0 unspecified atom stereocenters. The van der Waals surface area contributed by atoms with Gasteiger partial charge in [0.05, 0.1) is 5.60 Å². The Kier molecular flexibility index (Phi) is 12.4. The van der Waals surface area contributed by atoms with Crippen LogP contribution in [-0.2, 0) is 23.9 Å². The molecule has 2 saturated carbocycles. The minimum absolute atomic E-state index is 0.0153. The molecule has 2 fully saturated rings. The number of unbranched alkanes of at least 4 members (excludes halogenated alkanes) is 11. The number of hydrogen-bond acceptors (Lipinski definition) is 7. The molecule has 0 heterocycles. The van der Waals surface area contributed by atoms with Gasteiger partial charge in [0.15, 0.2) is 5.78 Å². The minimum atomic E-state index is -1.81. The lowest BCUT2D eigenvalue weighted by atomic mass is 9.60. The summed E-state index contributed by atoms with van der Waals surface area (Å²) in [5.74, 6) is -2.92. The van der Waals surface area contributed by atoms with Gasteiger partial charge in [-0.2, -0.15) is 0 Å². The summed E-state index contributed by atoms with van der Waals surface area (Å²) in [7, 11) is 0. The van der Waals surface area contributed by atoms with E-state index in [9.17, 15) is 24.6 Å². The highest BCUT2D eigenvalue weighted by atomic mass is 16.6. The van der Waals surface area contributed by atoms with Gasteiger partial charge in [-0.15, -0.1) is 0 Å². The quantitative estimate of drug-likeness (QED) is 0.0873. The number of allylic oxidation sites excluding steroid dienone is 2. The molecule has 4 aliphatic rings. The Morgan fingerprint density at radius 2 is 1.53 bits per heavy atom. The maximum Gasteiger partial charge on any atom is 0.306 e. The van der Waals surface area contributed by atoms with Gasteiger partial charge in [-0.05, 0) is 62.5 Å². The van der Waals surface area contributed by atoms with Gasteiger partial charge in [-0.3, -0.25) is 14.4 Å². The molecule has 264 valence electrons. The molecule has 47 heavy (non-hydrogen) atoms. The molecule has 0 saturated heterocycles. The Morgan fingerprint density at radius 1 is 0.936 bits per heavy atom. The Morgan fingerprint density at radius 3 is 2.15 bits per heavy atom. The van der Waals surface area contributed by atoms with Gasteiger partial charge in [0, 0.05) is 42.9 Å². The fraction of sp³-hybridized carbons (Fsp3) is 0.775. The van der Waals surface area contributed by atoms with E-state index < -0.39 is 45.8 Å². The monoisotopic (exact) mass is 654 g/mol. The van der Waals surface area contributed by atoms with Crippen molar-refractivity contribution in [2.75, 3.05) is 6.61 Å². The summed E-state index contributed by atoms with van der Waals surface area (Å²) < 4.78 is 11.7. The summed E-state index contributed by atoms with van der Waals surface area (Å²) in [6.07, 6.45) is 24.7. The number of esters is 2. The number of rotatable bonds is 18. The van der Waals surface area contributed by atoms with Gasteiger partial charge in [-0.1, -0.05) is 103 Å². The Bertz CT molecular complexity index is 1230. The summed E-state index contributed by atoms with van der Waals surface area (Å²) in [6, 6.07) is 0. The minimum Gasteiger partial charge on any atom is -0.461 e. The molecular formula is C40H62O7. The average molecular weight is 655 g/mol. The van der Waals surface area contributed by atoms with E-state index >= 15 is 0 Å². The maximum atomic E-state index is 13.3. The highest BCUT2D eigenvalue weighted by Gasteiger charge is 2.83. The summed E-state index contributed by atoms with van der Waals surface area (Å²) >= 11 is 0. The lowest BCUT2D eigenvalue weighted by Gasteiger charge is -2.50. The molecule has 4 aliphatic carbocycles. The highest BCUT2D eigenvalue weighted by molar-refractivity contribution is 6.04. The van der Waals surface area contributed by atoms with Gasteiger partial charge in [0.1, 0.15) is 17.8 Å². The molecule has 4 rings (SSSR count). The summed E-state index contributed by atoms with van der Waals surface area (Å²) in [5.41, 5.74) is -3.36. The van der Waals surface area contributed by atoms with E-state index in [1.54, 1.807) is 13.0 Å². The van der Waals surface area contributed by atoms with Crippen LogP contribution in [0.1, 0.15) is 144 Å². The molecule has 0 amide bonds. The van der Waals surface area contributed by atoms with Gasteiger partial charge in [-0.25, -0.2) is 0 Å². The highest BCUT2D eigenvalue weighted by Crippen LogP contribution is 2.76. The molecule has 0 aromatic rings. The van der Waals surface area contributed by atoms with E-state index in [4.69, 9.17) is 9.47 Å². The van der Waals surface area contributed by atoms with Crippen LogP contribution in [0.25, 0.3) is 0 Å². The predicted molar refractivity (Wildman–Crippen MR) is 184 cm³/mol. The third kappa shape index (κ3) is 7.66. The second kappa shape index (κ2) is 15.5. The predicted octanol–water partition coefficient (Wildman–Crippen LogP) is 8.12. The van der Waals surface area contributed by atoms with Crippen molar-refractivity contribution in [1.82, 2.24) is 0 Å². The van der Waals surface area contributed by atoms with Gasteiger partial charge < -0.3 is 19.7 Å². The molecule has 7 heteroatoms. The first-order chi connectivity index (χ1) is 22.3. The van der Waals surface area contributed by atoms with Crippen molar-refractivity contribution in [3.8, 4) is 0 Å². The lowest BCUT2D eigenvalue weighted by molar-refractivity contribution is -0.187. The summed E-state index contributed by atoms with van der Waals surface area (Å²) in [5, 5.41) is 24.4. The topological polar surface area (TPSA) is 110 Å². The van der Waals surface area contributed by atoms with Crippen LogP contribution in [0.4, 0.5) is 0 Å². The standard InChI is InChI=1S/C40H62O7/c1-7-8-9-10-11-12-13-14-15-16-17-18-19-20-21-22-34(42)47-39-25-29(3)40(45)32(35(39)37(39,5)6)24-31(27-46-30(4)41)26-38(44)33(40)23-28(2)36(38)43/h14-15,23-24,29,32-33,35,44-45H,7-13,16-22,25-27H2,1-6H3/b15-14-/t29-,32+,33-,35-,38-,39+,40-/m1/s1.